The smallest absolute Gasteiger partial charge is 0.310 e. The minimum absolute atomic E-state index is 0.0280. The number of benzene rings is 4. The van der Waals surface area contributed by atoms with Gasteiger partial charge in [-0.2, -0.15) is 0 Å². The fraction of sp³-hybridized carbons (Fsp3) is 0.278. The second kappa shape index (κ2) is 17.5. The maximum absolute atomic E-state index is 11.7. The number of ether oxygens (including phenoxy) is 2. The van der Waals surface area contributed by atoms with Gasteiger partial charge in [-0.3, -0.25) is 9.59 Å². The van der Waals surface area contributed by atoms with Crippen LogP contribution in [0.3, 0.4) is 0 Å². The highest BCUT2D eigenvalue weighted by Crippen LogP contribution is 2.20. The summed E-state index contributed by atoms with van der Waals surface area (Å²) < 4.78 is 10.3. The standard InChI is InChI=1S/2C18H20O3/c1-14(19)11-12-21-18(20)13-15-7-9-17(10-8-15)16-5-3-2-4-6-16;1-14(11-12-19)21-18(20)13-15-7-9-17(10-8-15)16-5-3-2-4-6-16/h2*2-10,14,19H,11-13H2,1H3. The molecule has 4 rings (SSSR count). The normalized spacial score (nSPS) is 11.9. The van der Waals surface area contributed by atoms with Crippen LogP contribution >= 0.6 is 0 Å². The van der Waals surface area contributed by atoms with E-state index in [9.17, 15) is 9.59 Å². The van der Waals surface area contributed by atoms with Gasteiger partial charge in [0, 0.05) is 19.4 Å². The number of hydrogen-bond donors (Lipinski definition) is 2. The van der Waals surface area contributed by atoms with Gasteiger partial charge in [0.25, 0.3) is 0 Å². The van der Waals surface area contributed by atoms with Crippen LogP contribution in [0, 0.1) is 0 Å². The lowest BCUT2D eigenvalue weighted by molar-refractivity contribution is -0.148. The number of aliphatic hydroxyl groups is 2. The van der Waals surface area contributed by atoms with E-state index >= 15 is 0 Å². The van der Waals surface area contributed by atoms with Gasteiger partial charge in [-0.05, 0) is 47.2 Å². The quantitative estimate of drug-likeness (QED) is 0.192. The van der Waals surface area contributed by atoms with Crippen LogP contribution in [0.1, 0.15) is 37.8 Å². The SMILES string of the molecule is CC(CCO)OC(=O)Cc1ccc(-c2ccccc2)cc1.CC(O)CCOC(=O)Cc1ccc(-c2ccccc2)cc1. The van der Waals surface area contributed by atoms with Gasteiger partial charge in [0.15, 0.2) is 0 Å². The second-order valence-electron chi connectivity index (χ2n) is 10.2. The lowest BCUT2D eigenvalue weighted by Crippen LogP contribution is -2.17. The van der Waals surface area contributed by atoms with Crippen LogP contribution in [-0.2, 0) is 31.9 Å². The Labute approximate surface area is 248 Å². The predicted octanol–water partition coefficient (Wildman–Crippen LogP) is 6.42. The molecule has 0 aliphatic carbocycles. The van der Waals surface area contributed by atoms with Crippen LogP contribution in [-0.4, -0.2) is 47.6 Å². The summed E-state index contributed by atoms with van der Waals surface area (Å²) in [6.45, 7) is 3.75. The van der Waals surface area contributed by atoms with Crippen molar-refractivity contribution in [1.29, 1.82) is 0 Å². The van der Waals surface area contributed by atoms with E-state index in [1.165, 1.54) is 0 Å². The number of rotatable bonds is 12. The summed E-state index contributed by atoms with van der Waals surface area (Å²) in [5.41, 5.74) is 6.42. The van der Waals surface area contributed by atoms with Crippen molar-refractivity contribution in [1.82, 2.24) is 0 Å². The summed E-state index contributed by atoms with van der Waals surface area (Å²) in [5.74, 6) is -0.522. The van der Waals surface area contributed by atoms with E-state index in [0.29, 0.717) is 12.8 Å². The lowest BCUT2D eigenvalue weighted by Gasteiger charge is -2.11. The zero-order chi connectivity index (χ0) is 30.2. The molecule has 0 fully saturated rings. The average molecular weight is 569 g/mol. The molecule has 0 saturated heterocycles. The summed E-state index contributed by atoms with van der Waals surface area (Å²) in [5, 5.41) is 17.9. The van der Waals surface area contributed by atoms with Crippen molar-refractivity contribution in [3.05, 3.63) is 120 Å². The molecule has 0 aromatic heterocycles. The molecule has 0 heterocycles. The topological polar surface area (TPSA) is 93.1 Å². The van der Waals surface area contributed by atoms with E-state index in [2.05, 4.69) is 24.3 Å². The molecule has 0 aliphatic rings. The van der Waals surface area contributed by atoms with Gasteiger partial charge < -0.3 is 19.7 Å². The van der Waals surface area contributed by atoms with Crippen molar-refractivity contribution >= 4 is 11.9 Å². The van der Waals surface area contributed by atoms with E-state index in [1.54, 1.807) is 13.8 Å². The predicted molar refractivity (Wildman–Crippen MR) is 166 cm³/mol. The number of aliphatic hydroxyl groups excluding tert-OH is 2. The molecule has 4 aromatic carbocycles. The van der Waals surface area contributed by atoms with Gasteiger partial charge in [0.2, 0.25) is 0 Å². The maximum atomic E-state index is 11.7. The minimum atomic E-state index is -0.442. The molecule has 6 nitrogen and oxygen atoms in total. The van der Waals surface area contributed by atoms with E-state index < -0.39 is 6.10 Å². The Bertz CT molecular complexity index is 1330. The monoisotopic (exact) mass is 568 g/mol. The molecule has 2 atom stereocenters. The minimum Gasteiger partial charge on any atom is -0.465 e. The van der Waals surface area contributed by atoms with Crippen LogP contribution in [0.25, 0.3) is 22.3 Å². The first-order valence-electron chi connectivity index (χ1n) is 14.3. The molecular weight excluding hydrogens is 528 g/mol. The van der Waals surface area contributed by atoms with Crippen molar-refractivity contribution in [3.63, 3.8) is 0 Å². The molecule has 6 heteroatoms. The molecule has 0 aliphatic heterocycles. The Morgan fingerprint density at radius 1 is 0.619 bits per heavy atom. The van der Waals surface area contributed by atoms with Gasteiger partial charge in [0.05, 0.1) is 25.6 Å². The molecule has 2 N–H and O–H groups in total. The maximum Gasteiger partial charge on any atom is 0.310 e. The molecule has 220 valence electrons. The summed E-state index contributed by atoms with van der Waals surface area (Å²) in [6, 6.07) is 36.0. The number of esters is 2. The summed E-state index contributed by atoms with van der Waals surface area (Å²) in [7, 11) is 0. The Kier molecular flexibility index (Phi) is 13.5. The summed E-state index contributed by atoms with van der Waals surface area (Å²) in [4.78, 5) is 23.4. The number of carbonyl (C=O) groups excluding carboxylic acids is 2. The highest BCUT2D eigenvalue weighted by atomic mass is 16.5. The van der Waals surface area contributed by atoms with Crippen LogP contribution in [0.15, 0.2) is 109 Å². The highest BCUT2D eigenvalue weighted by Gasteiger charge is 2.10. The van der Waals surface area contributed by atoms with Crippen molar-refractivity contribution in [3.8, 4) is 22.3 Å². The largest absolute Gasteiger partial charge is 0.465 e. The third-order valence-electron chi connectivity index (χ3n) is 6.49. The average Bonchev–Trinajstić information content (AvgIpc) is 2.99. The molecule has 0 radical (unpaired) electrons. The van der Waals surface area contributed by atoms with Crippen LogP contribution in [0.2, 0.25) is 0 Å². The highest BCUT2D eigenvalue weighted by molar-refractivity contribution is 5.74. The van der Waals surface area contributed by atoms with Crippen LogP contribution < -0.4 is 0 Å². The molecule has 42 heavy (non-hydrogen) atoms. The lowest BCUT2D eigenvalue weighted by atomic mass is 10.0. The molecule has 0 amide bonds. The zero-order valence-corrected chi connectivity index (χ0v) is 24.3. The molecular formula is C36H40O6. The molecule has 0 saturated carbocycles. The first-order chi connectivity index (χ1) is 20.3. The second-order valence-corrected chi connectivity index (χ2v) is 10.2. The molecule has 0 bridgehead atoms. The number of carbonyl (C=O) groups is 2. The van der Waals surface area contributed by atoms with Gasteiger partial charge in [0.1, 0.15) is 6.10 Å². The van der Waals surface area contributed by atoms with Crippen molar-refractivity contribution in [2.24, 2.45) is 0 Å². The van der Waals surface area contributed by atoms with Gasteiger partial charge in [-0.1, -0.05) is 109 Å². The third kappa shape index (κ3) is 11.7. The van der Waals surface area contributed by atoms with Gasteiger partial charge in [-0.25, -0.2) is 0 Å². The fourth-order valence-electron chi connectivity index (χ4n) is 4.13. The van der Waals surface area contributed by atoms with E-state index in [1.807, 2.05) is 84.9 Å². The van der Waals surface area contributed by atoms with E-state index in [4.69, 9.17) is 19.7 Å². The van der Waals surface area contributed by atoms with Crippen LogP contribution in [0.4, 0.5) is 0 Å². The first-order valence-corrected chi connectivity index (χ1v) is 14.3. The number of hydrogen-bond acceptors (Lipinski definition) is 6. The molecule has 0 spiro atoms. The van der Waals surface area contributed by atoms with Crippen molar-refractivity contribution in [2.75, 3.05) is 13.2 Å². The Hall–Kier alpha value is -4.26. The van der Waals surface area contributed by atoms with Gasteiger partial charge >= 0.3 is 11.9 Å². The first kappa shape index (κ1) is 32.3. The Morgan fingerprint density at radius 2 is 1.05 bits per heavy atom. The fourth-order valence-corrected chi connectivity index (χ4v) is 4.13. The third-order valence-corrected chi connectivity index (χ3v) is 6.49. The summed E-state index contributed by atoms with van der Waals surface area (Å²) >= 11 is 0. The van der Waals surface area contributed by atoms with E-state index in [-0.39, 0.29) is 44.1 Å². The zero-order valence-electron chi connectivity index (χ0n) is 24.3. The molecule has 4 aromatic rings. The van der Waals surface area contributed by atoms with Crippen LogP contribution in [0.5, 0.6) is 0 Å². The Morgan fingerprint density at radius 3 is 1.48 bits per heavy atom. The van der Waals surface area contributed by atoms with Crippen molar-refractivity contribution in [2.45, 2.75) is 51.7 Å². The van der Waals surface area contributed by atoms with Crippen molar-refractivity contribution < 1.29 is 29.3 Å². The molecule has 2 unspecified atom stereocenters. The Balaban J connectivity index is 0.000000230. The van der Waals surface area contributed by atoms with Gasteiger partial charge in [-0.15, -0.1) is 0 Å². The van der Waals surface area contributed by atoms with E-state index in [0.717, 1.165) is 33.4 Å². The summed E-state index contributed by atoms with van der Waals surface area (Å²) in [6.07, 6.45) is 0.769.